The molecular weight excluding hydrogens is 611 g/mol. The van der Waals surface area contributed by atoms with Crippen molar-refractivity contribution in [1.82, 2.24) is 19.9 Å². The highest BCUT2D eigenvalue weighted by Gasteiger charge is 2.23. The third-order valence-corrected chi connectivity index (χ3v) is 9.74. The van der Waals surface area contributed by atoms with Gasteiger partial charge in [-0.1, -0.05) is 133 Å². The number of aliphatic imine (C=N–C) groups is 1. The monoisotopic (exact) mass is 639 g/mol. The summed E-state index contributed by atoms with van der Waals surface area (Å²) in [6.45, 7) is 0. The fraction of sp³-hybridized carbons (Fsp3) is 0.0444. The highest BCUT2D eigenvalue weighted by Crippen LogP contribution is 2.38. The Hall–Kier alpha value is -6.59. The summed E-state index contributed by atoms with van der Waals surface area (Å²) in [5.74, 6) is 1.77. The van der Waals surface area contributed by atoms with Crippen LogP contribution in [0.25, 0.3) is 76.8 Å². The van der Waals surface area contributed by atoms with E-state index in [1.165, 1.54) is 26.9 Å². The maximum Gasteiger partial charge on any atom is 0.181 e. The zero-order chi connectivity index (χ0) is 33.0. The standard InChI is InChI=1S/C45H29N5/c1-3-13-31-26-33(22-20-28(31)10-1)43-48-44(34-23-21-29-11-2-4-14-32(29)27-34)50-45(49-43)40-19-9-18-39(46-40)42-37-25-24-30-12-5-6-15-35(30)41(37)36-16-7-8-17-38(36)47-42/h1-17,19-27,39H,18H2. The van der Waals surface area contributed by atoms with Gasteiger partial charge in [0.05, 0.1) is 17.3 Å². The Morgan fingerprint density at radius 2 is 1.00 bits per heavy atom. The average molecular weight is 640 g/mol. The van der Waals surface area contributed by atoms with Gasteiger partial charge in [0.2, 0.25) is 0 Å². The van der Waals surface area contributed by atoms with E-state index in [4.69, 9.17) is 24.9 Å². The number of dihydropyridines is 1. The number of nitrogens with zero attached hydrogens (tertiary/aromatic N) is 5. The van der Waals surface area contributed by atoms with E-state index < -0.39 is 0 Å². The molecule has 7 aromatic carbocycles. The highest BCUT2D eigenvalue weighted by atomic mass is 15.1. The first-order valence-electron chi connectivity index (χ1n) is 16.9. The van der Waals surface area contributed by atoms with Gasteiger partial charge >= 0.3 is 0 Å². The predicted molar refractivity (Wildman–Crippen MR) is 206 cm³/mol. The lowest BCUT2D eigenvalue weighted by molar-refractivity contribution is 0.719. The number of benzene rings is 7. The van der Waals surface area contributed by atoms with Gasteiger partial charge in [-0.15, -0.1) is 0 Å². The van der Waals surface area contributed by atoms with Crippen LogP contribution >= 0.6 is 0 Å². The molecule has 10 rings (SSSR count). The maximum absolute atomic E-state index is 5.34. The first-order chi connectivity index (χ1) is 24.7. The van der Waals surface area contributed by atoms with Crippen molar-refractivity contribution in [3.63, 3.8) is 0 Å². The number of allylic oxidation sites excluding steroid dienone is 1. The summed E-state index contributed by atoms with van der Waals surface area (Å²) in [4.78, 5) is 25.8. The van der Waals surface area contributed by atoms with Gasteiger partial charge in [0, 0.05) is 27.3 Å². The molecule has 234 valence electrons. The van der Waals surface area contributed by atoms with Crippen molar-refractivity contribution < 1.29 is 0 Å². The van der Waals surface area contributed by atoms with Crippen LogP contribution in [0.3, 0.4) is 0 Å². The molecule has 2 aromatic heterocycles. The van der Waals surface area contributed by atoms with Crippen molar-refractivity contribution in [3.05, 3.63) is 169 Å². The number of aromatic nitrogens is 4. The minimum atomic E-state index is -0.201. The number of hydrogen-bond donors (Lipinski definition) is 0. The second-order valence-corrected chi connectivity index (χ2v) is 12.8. The Balaban J connectivity index is 1.16. The first kappa shape index (κ1) is 28.4. The molecule has 0 bridgehead atoms. The van der Waals surface area contributed by atoms with Crippen LogP contribution in [0, 0.1) is 0 Å². The lowest BCUT2D eigenvalue weighted by atomic mass is 9.94. The quantitative estimate of drug-likeness (QED) is 0.180. The molecule has 1 aliphatic rings. The van der Waals surface area contributed by atoms with Crippen LogP contribution in [0.4, 0.5) is 0 Å². The van der Waals surface area contributed by atoms with Gasteiger partial charge in [-0.2, -0.15) is 0 Å². The van der Waals surface area contributed by atoms with Gasteiger partial charge in [0.25, 0.3) is 0 Å². The summed E-state index contributed by atoms with van der Waals surface area (Å²) in [6, 6.07) is 50.6. The summed E-state index contributed by atoms with van der Waals surface area (Å²) >= 11 is 0. The summed E-state index contributed by atoms with van der Waals surface area (Å²) in [5, 5.41) is 10.5. The van der Waals surface area contributed by atoms with Crippen LogP contribution in [0.2, 0.25) is 0 Å². The highest BCUT2D eigenvalue weighted by molar-refractivity contribution is 6.20. The molecule has 3 heterocycles. The van der Waals surface area contributed by atoms with Gasteiger partial charge in [-0.25, -0.2) is 19.9 Å². The predicted octanol–water partition coefficient (Wildman–Crippen LogP) is 10.9. The molecule has 1 aliphatic heterocycles. The zero-order valence-electron chi connectivity index (χ0n) is 27.0. The summed E-state index contributed by atoms with van der Waals surface area (Å²) in [7, 11) is 0. The van der Waals surface area contributed by atoms with E-state index in [1.54, 1.807) is 0 Å². The molecule has 5 nitrogen and oxygen atoms in total. The molecule has 5 heteroatoms. The molecule has 1 atom stereocenters. The Kier molecular flexibility index (Phi) is 6.56. The van der Waals surface area contributed by atoms with Crippen LogP contribution in [0.15, 0.2) is 163 Å². The second-order valence-electron chi connectivity index (χ2n) is 12.8. The average Bonchev–Trinajstić information content (AvgIpc) is 3.19. The second kappa shape index (κ2) is 11.5. The number of hydrogen-bond acceptors (Lipinski definition) is 5. The van der Waals surface area contributed by atoms with E-state index in [0.29, 0.717) is 17.5 Å². The fourth-order valence-electron chi connectivity index (χ4n) is 7.28. The van der Waals surface area contributed by atoms with E-state index in [-0.39, 0.29) is 6.04 Å². The molecule has 0 amide bonds. The lowest BCUT2D eigenvalue weighted by Gasteiger charge is -2.19. The summed E-state index contributed by atoms with van der Waals surface area (Å²) in [5.41, 5.74) is 4.51. The number of para-hydroxylation sites is 1. The number of rotatable bonds is 4. The Bertz CT molecular complexity index is 2760. The van der Waals surface area contributed by atoms with Crippen molar-refractivity contribution in [2.45, 2.75) is 12.5 Å². The molecule has 0 aliphatic carbocycles. The van der Waals surface area contributed by atoms with Crippen LogP contribution < -0.4 is 0 Å². The van der Waals surface area contributed by atoms with Gasteiger partial charge in [0.15, 0.2) is 17.5 Å². The molecule has 1 unspecified atom stereocenters. The molecule has 0 saturated carbocycles. The van der Waals surface area contributed by atoms with Crippen molar-refractivity contribution in [2.75, 3.05) is 0 Å². The van der Waals surface area contributed by atoms with E-state index in [9.17, 15) is 0 Å². The van der Waals surface area contributed by atoms with Crippen molar-refractivity contribution >= 4 is 59.7 Å². The molecule has 0 spiro atoms. The SMILES string of the molecule is C1=CC(c2nc(-c3ccc4ccccc4c3)nc(-c3ccc4ccccc4c3)n2)=NC(c2nc3ccccc3c3c2ccc2ccccc23)C1. The number of fused-ring (bicyclic) bond motifs is 7. The molecule has 0 fully saturated rings. The van der Waals surface area contributed by atoms with Gasteiger partial charge in [-0.3, -0.25) is 4.99 Å². The van der Waals surface area contributed by atoms with Crippen molar-refractivity contribution in [1.29, 1.82) is 0 Å². The van der Waals surface area contributed by atoms with E-state index in [1.807, 2.05) is 6.08 Å². The maximum atomic E-state index is 5.34. The summed E-state index contributed by atoms with van der Waals surface area (Å²) in [6.07, 6.45) is 4.95. The zero-order valence-corrected chi connectivity index (χ0v) is 27.0. The topological polar surface area (TPSA) is 63.9 Å². The Labute approximate surface area is 288 Å². The van der Waals surface area contributed by atoms with Gasteiger partial charge in [0.1, 0.15) is 5.71 Å². The van der Waals surface area contributed by atoms with Crippen LogP contribution in [-0.2, 0) is 0 Å². The van der Waals surface area contributed by atoms with Gasteiger partial charge in [-0.05, 0) is 63.0 Å². The lowest BCUT2D eigenvalue weighted by Crippen LogP contribution is -2.13. The van der Waals surface area contributed by atoms with Crippen LogP contribution in [-0.4, -0.2) is 25.6 Å². The third-order valence-electron chi connectivity index (χ3n) is 9.74. The number of pyridine rings is 1. The van der Waals surface area contributed by atoms with Crippen LogP contribution in [0.5, 0.6) is 0 Å². The molecule has 50 heavy (non-hydrogen) atoms. The van der Waals surface area contributed by atoms with Crippen molar-refractivity contribution in [2.24, 2.45) is 4.99 Å². The van der Waals surface area contributed by atoms with E-state index in [2.05, 4.69) is 152 Å². The van der Waals surface area contributed by atoms with E-state index >= 15 is 0 Å². The molecule has 9 aromatic rings. The smallest absolute Gasteiger partial charge is 0.181 e. The fourth-order valence-corrected chi connectivity index (χ4v) is 7.28. The minimum absolute atomic E-state index is 0.201. The minimum Gasteiger partial charge on any atom is -0.271 e. The largest absolute Gasteiger partial charge is 0.271 e. The molecule has 0 radical (unpaired) electrons. The molecular formula is C45H29N5. The van der Waals surface area contributed by atoms with E-state index in [0.717, 1.165) is 56.0 Å². The normalized spacial score (nSPS) is 14.6. The van der Waals surface area contributed by atoms with Crippen molar-refractivity contribution in [3.8, 4) is 22.8 Å². The Morgan fingerprint density at radius 3 is 1.70 bits per heavy atom. The summed E-state index contributed by atoms with van der Waals surface area (Å²) < 4.78 is 0. The van der Waals surface area contributed by atoms with Gasteiger partial charge < -0.3 is 0 Å². The molecule has 0 saturated heterocycles. The Morgan fingerprint density at radius 1 is 0.440 bits per heavy atom. The van der Waals surface area contributed by atoms with Crippen LogP contribution in [0.1, 0.15) is 24.0 Å². The molecule has 0 N–H and O–H groups in total. The first-order valence-corrected chi connectivity index (χ1v) is 16.9. The third kappa shape index (κ3) is 4.82.